The molecule has 0 spiro atoms. The minimum absolute atomic E-state index is 0.0634. The van der Waals surface area contributed by atoms with Crippen LogP contribution in [0.5, 0.6) is 0 Å². The fourth-order valence-electron chi connectivity index (χ4n) is 2.31. The van der Waals surface area contributed by atoms with Gasteiger partial charge in [0.2, 0.25) is 15.9 Å². The maximum Gasteiger partial charge on any atom is 0.338 e. The molecule has 2 aromatic rings. The molecule has 25 heavy (non-hydrogen) atoms. The second-order valence-electron chi connectivity index (χ2n) is 5.44. The zero-order valence-corrected chi connectivity index (χ0v) is 15.6. The number of hydrogen-bond donors (Lipinski definition) is 0. The highest BCUT2D eigenvalue weighted by molar-refractivity contribution is 7.89. The van der Waals surface area contributed by atoms with Gasteiger partial charge in [0.15, 0.2) is 6.61 Å². The molecular weight excluding hydrogens is 344 g/mol. The Kier molecular flexibility index (Phi) is 5.97. The van der Waals surface area contributed by atoms with Crippen LogP contribution < -0.4 is 0 Å². The third-order valence-electron chi connectivity index (χ3n) is 3.81. The van der Waals surface area contributed by atoms with Gasteiger partial charge in [0, 0.05) is 13.1 Å². The summed E-state index contributed by atoms with van der Waals surface area (Å²) in [4.78, 5) is 16.4. The summed E-state index contributed by atoms with van der Waals surface area (Å²) in [6, 6.07) is 5.81. The first-order valence-corrected chi connectivity index (χ1v) is 9.43. The number of sulfonamides is 1. The molecule has 7 nitrogen and oxygen atoms in total. The lowest BCUT2D eigenvalue weighted by molar-refractivity contribution is 0.0436. The zero-order chi connectivity index (χ0) is 18.6. The minimum Gasteiger partial charge on any atom is -0.452 e. The molecule has 0 unspecified atom stereocenters. The van der Waals surface area contributed by atoms with Crippen molar-refractivity contribution in [1.82, 2.24) is 9.29 Å². The van der Waals surface area contributed by atoms with E-state index >= 15 is 0 Å². The van der Waals surface area contributed by atoms with Crippen LogP contribution in [0, 0.1) is 13.8 Å². The average molecular weight is 366 g/mol. The summed E-state index contributed by atoms with van der Waals surface area (Å²) in [7, 11) is -3.63. The molecule has 1 aromatic heterocycles. The molecule has 0 aliphatic carbocycles. The minimum atomic E-state index is -3.63. The topological polar surface area (TPSA) is 89.7 Å². The molecule has 136 valence electrons. The Morgan fingerprint density at radius 1 is 1.24 bits per heavy atom. The molecule has 0 aliphatic rings. The lowest BCUT2D eigenvalue weighted by Gasteiger charge is -2.18. The summed E-state index contributed by atoms with van der Waals surface area (Å²) in [5, 5.41) is 0. The van der Waals surface area contributed by atoms with Crippen LogP contribution in [0.3, 0.4) is 0 Å². The summed E-state index contributed by atoms with van der Waals surface area (Å²) in [5.74, 6) is 0.332. The number of hydrogen-bond acceptors (Lipinski definition) is 6. The Hall–Kier alpha value is -2.19. The lowest BCUT2D eigenvalue weighted by Crippen LogP contribution is -2.30. The van der Waals surface area contributed by atoms with Crippen molar-refractivity contribution >= 4 is 16.0 Å². The van der Waals surface area contributed by atoms with Crippen molar-refractivity contribution in [3.8, 4) is 0 Å². The molecular formula is C17H22N2O5S. The molecule has 0 saturated carbocycles. The summed E-state index contributed by atoms with van der Waals surface area (Å²) in [5.41, 5.74) is 0.895. The molecule has 0 saturated heterocycles. The molecule has 8 heteroatoms. The van der Waals surface area contributed by atoms with E-state index in [1.165, 1.54) is 28.6 Å². The highest BCUT2D eigenvalue weighted by Crippen LogP contribution is 2.18. The second kappa shape index (κ2) is 7.79. The Labute approximate surface area is 147 Å². The van der Waals surface area contributed by atoms with Crippen molar-refractivity contribution in [3.05, 3.63) is 47.2 Å². The van der Waals surface area contributed by atoms with Crippen LogP contribution in [-0.4, -0.2) is 36.8 Å². The standard InChI is InChI=1S/C17H22N2O5S/c1-5-19(6-2)25(21,22)15-9-7-8-14(10-15)17(20)23-11-16-18-12(3)13(4)24-16/h7-10H,5-6,11H2,1-4H3. The fraction of sp³-hybridized carbons (Fsp3) is 0.412. The van der Waals surface area contributed by atoms with Gasteiger partial charge in [-0.15, -0.1) is 0 Å². The van der Waals surface area contributed by atoms with Crippen molar-refractivity contribution < 1.29 is 22.4 Å². The first kappa shape index (κ1) is 19.1. The van der Waals surface area contributed by atoms with Crippen LogP contribution in [0.4, 0.5) is 0 Å². The van der Waals surface area contributed by atoms with Gasteiger partial charge in [0.1, 0.15) is 5.76 Å². The van der Waals surface area contributed by atoms with Gasteiger partial charge < -0.3 is 9.15 Å². The van der Waals surface area contributed by atoms with Gasteiger partial charge in [-0.2, -0.15) is 4.31 Å². The van der Waals surface area contributed by atoms with E-state index in [9.17, 15) is 13.2 Å². The number of ether oxygens (including phenoxy) is 1. The van der Waals surface area contributed by atoms with Crippen molar-refractivity contribution in [2.45, 2.75) is 39.2 Å². The van der Waals surface area contributed by atoms with Crippen LogP contribution in [0.15, 0.2) is 33.6 Å². The first-order chi connectivity index (χ1) is 11.8. The van der Waals surface area contributed by atoms with Gasteiger partial charge in [-0.05, 0) is 32.0 Å². The number of nitrogens with zero attached hydrogens (tertiary/aromatic N) is 2. The Morgan fingerprint density at radius 2 is 1.92 bits per heavy atom. The number of rotatable bonds is 7. The largest absolute Gasteiger partial charge is 0.452 e. The number of esters is 1. The van der Waals surface area contributed by atoms with E-state index in [1.54, 1.807) is 27.7 Å². The van der Waals surface area contributed by atoms with E-state index in [2.05, 4.69) is 4.98 Å². The van der Waals surface area contributed by atoms with Gasteiger partial charge in [0.05, 0.1) is 16.2 Å². The number of oxazole rings is 1. The number of aryl methyl sites for hydroxylation is 2. The van der Waals surface area contributed by atoms with E-state index in [0.717, 1.165) is 5.69 Å². The summed E-state index contributed by atoms with van der Waals surface area (Å²) in [6.07, 6.45) is 0. The average Bonchev–Trinajstić information content (AvgIpc) is 2.91. The van der Waals surface area contributed by atoms with Gasteiger partial charge in [-0.1, -0.05) is 19.9 Å². The van der Waals surface area contributed by atoms with Gasteiger partial charge in [0.25, 0.3) is 0 Å². The Morgan fingerprint density at radius 3 is 2.48 bits per heavy atom. The molecule has 0 atom stereocenters. The summed E-state index contributed by atoms with van der Waals surface area (Å²) in [6.45, 7) is 7.70. The molecule has 0 bridgehead atoms. The van der Waals surface area contributed by atoms with E-state index in [-0.39, 0.29) is 17.1 Å². The van der Waals surface area contributed by atoms with Gasteiger partial charge in [-0.25, -0.2) is 18.2 Å². The third kappa shape index (κ3) is 4.26. The molecule has 2 rings (SSSR count). The normalized spacial score (nSPS) is 11.7. The van der Waals surface area contributed by atoms with Crippen molar-refractivity contribution in [2.75, 3.05) is 13.1 Å². The van der Waals surface area contributed by atoms with E-state index in [1.807, 2.05) is 0 Å². The number of carbonyl (C=O) groups excluding carboxylic acids is 1. The maximum absolute atomic E-state index is 12.5. The second-order valence-corrected chi connectivity index (χ2v) is 7.38. The lowest BCUT2D eigenvalue weighted by atomic mass is 10.2. The SMILES string of the molecule is CCN(CC)S(=O)(=O)c1cccc(C(=O)OCc2nc(C)c(C)o2)c1. The predicted octanol–water partition coefficient (Wildman–Crippen LogP) is 2.68. The van der Waals surface area contributed by atoms with E-state index < -0.39 is 16.0 Å². The molecule has 1 heterocycles. The van der Waals surface area contributed by atoms with Crippen molar-refractivity contribution in [2.24, 2.45) is 0 Å². The number of carbonyl (C=O) groups is 1. The fourth-order valence-corrected chi connectivity index (χ4v) is 3.81. The van der Waals surface area contributed by atoms with Gasteiger partial charge in [-0.3, -0.25) is 0 Å². The van der Waals surface area contributed by atoms with Crippen LogP contribution in [-0.2, 0) is 21.4 Å². The van der Waals surface area contributed by atoms with Crippen LogP contribution in [0.25, 0.3) is 0 Å². The number of aromatic nitrogens is 1. The highest BCUT2D eigenvalue weighted by atomic mass is 32.2. The van der Waals surface area contributed by atoms with Gasteiger partial charge >= 0.3 is 5.97 Å². The molecule has 0 fully saturated rings. The maximum atomic E-state index is 12.5. The van der Waals surface area contributed by atoms with Crippen LogP contribution >= 0.6 is 0 Å². The molecule has 0 aliphatic heterocycles. The molecule has 1 aromatic carbocycles. The van der Waals surface area contributed by atoms with E-state index in [0.29, 0.717) is 24.7 Å². The molecule has 0 N–H and O–H groups in total. The van der Waals surface area contributed by atoms with Crippen LogP contribution in [0.2, 0.25) is 0 Å². The Bertz CT molecular complexity index is 834. The van der Waals surface area contributed by atoms with Crippen molar-refractivity contribution in [3.63, 3.8) is 0 Å². The third-order valence-corrected chi connectivity index (χ3v) is 5.86. The zero-order valence-electron chi connectivity index (χ0n) is 14.8. The monoisotopic (exact) mass is 366 g/mol. The van der Waals surface area contributed by atoms with E-state index in [4.69, 9.17) is 9.15 Å². The Balaban J connectivity index is 2.16. The quantitative estimate of drug-likeness (QED) is 0.700. The highest BCUT2D eigenvalue weighted by Gasteiger charge is 2.23. The van der Waals surface area contributed by atoms with Crippen LogP contribution in [0.1, 0.15) is 41.6 Å². The first-order valence-electron chi connectivity index (χ1n) is 7.99. The predicted molar refractivity (Wildman–Crippen MR) is 91.6 cm³/mol. The molecule has 0 radical (unpaired) electrons. The molecule has 0 amide bonds. The smallest absolute Gasteiger partial charge is 0.338 e. The summed E-state index contributed by atoms with van der Waals surface area (Å²) >= 11 is 0. The summed E-state index contributed by atoms with van der Waals surface area (Å²) < 4.78 is 36.9. The van der Waals surface area contributed by atoms with Crippen molar-refractivity contribution in [1.29, 1.82) is 0 Å². The number of benzene rings is 1.